The highest BCUT2D eigenvalue weighted by Crippen LogP contribution is 2.36. The van der Waals surface area contributed by atoms with E-state index in [4.69, 9.17) is 30.6 Å². The molecule has 1 heterocycles. The molecule has 1 aromatic heterocycles. The number of furan rings is 1. The number of rotatable bonds is 9. The molecule has 26 heavy (non-hydrogen) atoms. The van der Waals surface area contributed by atoms with Crippen molar-refractivity contribution in [3.8, 4) is 11.5 Å². The van der Waals surface area contributed by atoms with Crippen LogP contribution < -0.4 is 14.8 Å². The Morgan fingerprint density at radius 3 is 2.62 bits per heavy atom. The van der Waals surface area contributed by atoms with Crippen LogP contribution in [0.5, 0.6) is 11.5 Å². The molecule has 0 saturated heterocycles. The summed E-state index contributed by atoms with van der Waals surface area (Å²) < 4.78 is 16.2. The smallest absolute Gasteiger partial charge is 0.371 e. The molecule has 1 aromatic carbocycles. The number of ether oxygens (including phenoxy) is 2. The van der Waals surface area contributed by atoms with Gasteiger partial charge in [-0.1, -0.05) is 18.5 Å². The van der Waals surface area contributed by atoms with Gasteiger partial charge in [0, 0.05) is 5.56 Å². The minimum absolute atomic E-state index is 0.0434. The fourth-order valence-electron chi connectivity index (χ4n) is 2.16. The second-order valence-electron chi connectivity index (χ2n) is 5.32. The van der Waals surface area contributed by atoms with Crippen LogP contribution in [0, 0.1) is 0 Å². The van der Waals surface area contributed by atoms with Crippen LogP contribution in [0.3, 0.4) is 0 Å². The van der Waals surface area contributed by atoms with Crippen LogP contribution in [-0.4, -0.2) is 30.2 Å². The van der Waals surface area contributed by atoms with Gasteiger partial charge in [-0.25, -0.2) is 4.79 Å². The standard InChI is InChI=1S/C18H20ClNO6/c1-3-7-25-16-13(19)8-11(9-15(16)24-4-2)17(21)20-10-12-5-6-14(26-12)18(22)23/h5-6,8-9H,3-4,7,10H2,1-2H3,(H,20,21)(H,22,23). The van der Waals surface area contributed by atoms with E-state index in [0.29, 0.717) is 36.0 Å². The van der Waals surface area contributed by atoms with Crippen molar-refractivity contribution in [1.29, 1.82) is 0 Å². The fraction of sp³-hybridized carbons (Fsp3) is 0.333. The number of carbonyl (C=O) groups is 2. The molecule has 0 bridgehead atoms. The molecule has 2 rings (SSSR count). The van der Waals surface area contributed by atoms with Gasteiger partial charge in [-0.3, -0.25) is 4.79 Å². The Labute approximate surface area is 155 Å². The van der Waals surface area contributed by atoms with Gasteiger partial charge in [0.1, 0.15) is 5.76 Å². The third-order valence-electron chi connectivity index (χ3n) is 3.32. The van der Waals surface area contributed by atoms with Crippen molar-refractivity contribution >= 4 is 23.5 Å². The fourth-order valence-corrected chi connectivity index (χ4v) is 2.43. The molecule has 0 atom stereocenters. The average molecular weight is 382 g/mol. The maximum Gasteiger partial charge on any atom is 0.371 e. The first kappa shape index (κ1) is 19.7. The van der Waals surface area contributed by atoms with E-state index in [2.05, 4.69) is 5.32 Å². The van der Waals surface area contributed by atoms with Gasteiger partial charge in [-0.05, 0) is 37.6 Å². The summed E-state index contributed by atoms with van der Waals surface area (Å²) in [6.45, 7) is 4.72. The van der Waals surface area contributed by atoms with Gasteiger partial charge >= 0.3 is 5.97 Å². The second kappa shape index (κ2) is 9.15. The highest BCUT2D eigenvalue weighted by atomic mass is 35.5. The van der Waals surface area contributed by atoms with Crippen molar-refractivity contribution in [2.45, 2.75) is 26.8 Å². The molecule has 8 heteroatoms. The maximum atomic E-state index is 12.4. The Hall–Kier alpha value is -2.67. The molecule has 0 aliphatic rings. The summed E-state index contributed by atoms with van der Waals surface area (Å²) in [4.78, 5) is 23.2. The molecule has 0 fully saturated rings. The van der Waals surface area contributed by atoms with Crippen molar-refractivity contribution in [1.82, 2.24) is 5.32 Å². The lowest BCUT2D eigenvalue weighted by molar-refractivity contribution is 0.0660. The highest BCUT2D eigenvalue weighted by Gasteiger charge is 2.17. The Bertz CT molecular complexity index is 786. The third-order valence-corrected chi connectivity index (χ3v) is 3.60. The number of halogens is 1. The number of carboxylic acid groups (broad SMARTS) is 1. The summed E-state index contributed by atoms with van der Waals surface area (Å²) in [5.74, 6) is -0.626. The van der Waals surface area contributed by atoms with Crippen molar-refractivity contribution < 1.29 is 28.6 Å². The number of hydrogen-bond acceptors (Lipinski definition) is 5. The number of hydrogen-bond donors (Lipinski definition) is 2. The molecule has 1 amide bonds. The van der Waals surface area contributed by atoms with Gasteiger partial charge in [-0.2, -0.15) is 0 Å². The monoisotopic (exact) mass is 381 g/mol. The van der Waals surface area contributed by atoms with Crippen LogP contribution in [0.15, 0.2) is 28.7 Å². The Morgan fingerprint density at radius 2 is 2.00 bits per heavy atom. The van der Waals surface area contributed by atoms with Gasteiger partial charge in [0.05, 0.1) is 24.8 Å². The molecule has 140 valence electrons. The molecule has 0 radical (unpaired) electrons. The quantitative estimate of drug-likeness (QED) is 0.686. The first-order valence-corrected chi connectivity index (χ1v) is 8.53. The number of nitrogens with one attached hydrogen (secondary N) is 1. The largest absolute Gasteiger partial charge is 0.490 e. The van der Waals surface area contributed by atoms with Crippen LogP contribution in [0.25, 0.3) is 0 Å². The number of carboxylic acids is 1. The maximum absolute atomic E-state index is 12.4. The van der Waals surface area contributed by atoms with Crippen LogP contribution in [0.4, 0.5) is 0 Å². The predicted molar refractivity (Wildman–Crippen MR) is 95.2 cm³/mol. The topological polar surface area (TPSA) is 98.0 Å². The summed E-state index contributed by atoms with van der Waals surface area (Å²) in [7, 11) is 0. The molecule has 0 unspecified atom stereocenters. The zero-order valence-electron chi connectivity index (χ0n) is 14.5. The third kappa shape index (κ3) is 4.92. The summed E-state index contributed by atoms with van der Waals surface area (Å²) in [5.41, 5.74) is 0.298. The van der Waals surface area contributed by atoms with Crippen molar-refractivity contribution in [2.24, 2.45) is 0 Å². The molecule has 0 aliphatic heterocycles. The van der Waals surface area contributed by atoms with E-state index in [1.165, 1.54) is 18.2 Å². The van der Waals surface area contributed by atoms with Crippen molar-refractivity contribution in [2.75, 3.05) is 13.2 Å². The number of aromatic carboxylic acids is 1. The van der Waals surface area contributed by atoms with Crippen LogP contribution in [-0.2, 0) is 6.54 Å². The van der Waals surface area contributed by atoms with Gasteiger partial charge in [-0.15, -0.1) is 0 Å². The molecule has 2 N–H and O–H groups in total. The molecular formula is C18H20ClNO6. The molecule has 0 aliphatic carbocycles. The number of amides is 1. The van der Waals surface area contributed by atoms with Crippen LogP contribution in [0.1, 0.15) is 46.9 Å². The number of benzene rings is 1. The second-order valence-corrected chi connectivity index (χ2v) is 5.73. The summed E-state index contributed by atoms with van der Waals surface area (Å²) in [5, 5.41) is 11.8. The highest BCUT2D eigenvalue weighted by molar-refractivity contribution is 6.32. The lowest BCUT2D eigenvalue weighted by Gasteiger charge is -2.14. The average Bonchev–Trinajstić information content (AvgIpc) is 3.08. The van der Waals surface area contributed by atoms with Crippen molar-refractivity contribution in [3.05, 3.63) is 46.4 Å². The van der Waals surface area contributed by atoms with Crippen molar-refractivity contribution in [3.63, 3.8) is 0 Å². The van der Waals surface area contributed by atoms with Gasteiger partial charge in [0.15, 0.2) is 11.5 Å². The van der Waals surface area contributed by atoms with E-state index in [1.807, 2.05) is 13.8 Å². The molecule has 2 aromatic rings. The number of carbonyl (C=O) groups excluding carboxylic acids is 1. The first-order chi connectivity index (χ1) is 12.5. The first-order valence-electron chi connectivity index (χ1n) is 8.15. The molecule has 0 spiro atoms. The minimum atomic E-state index is -1.17. The van der Waals surface area contributed by atoms with Crippen LogP contribution in [0.2, 0.25) is 5.02 Å². The lowest BCUT2D eigenvalue weighted by atomic mass is 10.2. The normalized spacial score (nSPS) is 10.4. The van der Waals surface area contributed by atoms with E-state index in [0.717, 1.165) is 6.42 Å². The van der Waals surface area contributed by atoms with Crippen LogP contribution >= 0.6 is 11.6 Å². The van der Waals surface area contributed by atoms with E-state index in [-0.39, 0.29) is 17.3 Å². The predicted octanol–water partition coefficient (Wildman–Crippen LogP) is 3.75. The van der Waals surface area contributed by atoms with Gasteiger partial charge in [0.2, 0.25) is 5.76 Å². The van der Waals surface area contributed by atoms with E-state index in [1.54, 1.807) is 6.07 Å². The zero-order valence-corrected chi connectivity index (χ0v) is 15.3. The lowest BCUT2D eigenvalue weighted by Crippen LogP contribution is -2.22. The zero-order chi connectivity index (χ0) is 19.1. The molecule has 0 saturated carbocycles. The van der Waals surface area contributed by atoms with Gasteiger partial charge < -0.3 is 24.3 Å². The minimum Gasteiger partial charge on any atom is -0.490 e. The van der Waals surface area contributed by atoms with E-state index < -0.39 is 11.9 Å². The molecule has 7 nitrogen and oxygen atoms in total. The Kier molecular flexibility index (Phi) is 6.91. The Morgan fingerprint density at radius 1 is 1.23 bits per heavy atom. The van der Waals surface area contributed by atoms with Gasteiger partial charge in [0.25, 0.3) is 5.91 Å². The summed E-state index contributed by atoms with van der Waals surface area (Å²) >= 11 is 6.24. The van der Waals surface area contributed by atoms with E-state index in [9.17, 15) is 9.59 Å². The SMILES string of the molecule is CCCOc1c(Cl)cc(C(=O)NCc2ccc(C(=O)O)o2)cc1OCC. The summed E-state index contributed by atoms with van der Waals surface area (Å²) in [6.07, 6.45) is 0.811. The Balaban J connectivity index is 2.12. The summed E-state index contributed by atoms with van der Waals surface area (Å²) in [6, 6.07) is 5.87. The van der Waals surface area contributed by atoms with E-state index >= 15 is 0 Å². The molecular weight excluding hydrogens is 362 g/mol.